The summed E-state index contributed by atoms with van der Waals surface area (Å²) >= 11 is 1.36. The third-order valence-electron chi connectivity index (χ3n) is 3.83. The monoisotopic (exact) mass is 366 g/mol. The Morgan fingerprint density at radius 2 is 2.00 bits per heavy atom. The van der Waals surface area contributed by atoms with Crippen LogP contribution in [-0.4, -0.2) is 23.6 Å². The molecule has 132 valence electrons. The molecule has 0 fully saturated rings. The Morgan fingerprint density at radius 1 is 1.23 bits per heavy atom. The number of fused-ring (bicyclic) bond motifs is 1. The van der Waals surface area contributed by atoms with Crippen molar-refractivity contribution in [3.05, 3.63) is 77.1 Å². The van der Waals surface area contributed by atoms with Gasteiger partial charge in [0, 0.05) is 6.54 Å². The largest absolute Gasteiger partial charge is 0.465 e. The molecule has 5 nitrogen and oxygen atoms in total. The molecule has 0 saturated carbocycles. The topological polar surface area (TPSA) is 60.7 Å². The zero-order chi connectivity index (χ0) is 18.5. The first kappa shape index (κ1) is 17.8. The Balaban J connectivity index is 2.03. The van der Waals surface area contributed by atoms with Crippen LogP contribution in [0.1, 0.15) is 15.9 Å². The van der Waals surface area contributed by atoms with Gasteiger partial charge in [-0.25, -0.2) is 4.79 Å². The second-order valence-electron chi connectivity index (χ2n) is 5.63. The summed E-state index contributed by atoms with van der Waals surface area (Å²) in [5.41, 5.74) is 2.29. The second kappa shape index (κ2) is 7.93. The van der Waals surface area contributed by atoms with Crippen molar-refractivity contribution in [1.82, 2.24) is 4.57 Å². The molecule has 1 amide bonds. The number of ether oxygens (including phenoxy) is 1. The molecule has 0 atom stereocenters. The number of amides is 1. The van der Waals surface area contributed by atoms with Crippen molar-refractivity contribution in [3.63, 3.8) is 0 Å². The third-order valence-corrected chi connectivity index (χ3v) is 4.88. The molecule has 6 heteroatoms. The zero-order valence-corrected chi connectivity index (χ0v) is 15.2. The predicted octanol–water partition coefficient (Wildman–Crippen LogP) is 3.35. The van der Waals surface area contributed by atoms with Gasteiger partial charge in [0.25, 0.3) is 5.91 Å². The van der Waals surface area contributed by atoms with Gasteiger partial charge in [-0.2, -0.15) is 4.99 Å². The van der Waals surface area contributed by atoms with Gasteiger partial charge in [-0.3, -0.25) is 4.79 Å². The van der Waals surface area contributed by atoms with E-state index in [1.165, 1.54) is 18.4 Å². The molecule has 0 unspecified atom stereocenters. The number of benzene rings is 2. The summed E-state index contributed by atoms with van der Waals surface area (Å²) in [6.07, 6.45) is 2.00. The van der Waals surface area contributed by atoms with E-state index in [0.29, 0.717) is 16.9 Å². The van der Waals surface area contributed by atoms with Crippen molar-refractivity contribution in [2.45, 2.75) is 13.0 Å². The van der Waals surface area contributed by atoms with Gasteiger partial charge in [0.1, 0.15) is 0 Å². The normalized spacial score (nSPS) is 11.5. The van der Waals surface area contributed by atoms with Gasteiger partial charge in [-0.1, -0.05) is 47.7 Å². The minimum atomic E-state index is -0.394. The SMILES string of the molecule is C=CCn1c(=NC(=O)Cc2ccccc2)sc2cc(C(=O)OC)ccc21. The average molecular weight is 366 g/mol. The lowest BCUT2D eigenvalue weighted by atomic mass is 10.1. The Labute approximate surface area is 154 Å². The highest BCUT2D eigenvalue weighted by Gasteiger charge is 2.11. The van der Waals surface area contributed by atoms with E-state index in [0.717, 1.165) is 15.8 Å². The Morgan fingerprint density at radius 3 is 2.69 bits per heavy atom. The minimum Gasteiger partial charge on any atom is -0.465 e. The van der Waals surface area contributed by atoms with Crippen LogP contribution in [-0.2, 0) is 22.5 Å². The number of methoxy groups -OCH3 is 1. The molecule has 0 radical (unpaired) electrons. The first-order chi connectivity index (χ1) is 12.6. The number of esters is 1. The molecule has 0 N–H and O–H groups in total. The van der Waals surface area contributed by atoms with E-state index < -0.39 is 5.97 Å². The summed E-state index contributed by atoms with van der Waals surface area (Å²) in [4.78, 5) is 29.0. The maximum Gasteiger partial charge on any atom is 0.337 e. The van der Waals surface area contributed by atoms with Crippen molar-refractivity contribution in [3.8, 4) is 0 Å². The van der Waals surface area contributed by atoms with Crippen molar-refractivity contribution in [2.75, 3.05) is 7.11 Å². The smallest absolute Gasteiger partial charge is 0.337 e. The summed E-state index contributed by atoms with van der Waals surface area (Å²) in [6.45, 7) is 4.30. The summed E-state index contributed by atoms with van der Waals surface area (Å²) in [7, 11) is 1.35. The van der Waals surface area contributed by atoms with Gasteiger partial charge >= 0.3 is 5.97 Å². The highest BCUT2D eigenvalue weighted by atomic mass is 32.1. The maximum absolute atomic E-state index is 12.4. The first-order valence-corrected chi connectivity index (χ1v) is 8.88. The molecule has 0 saturated heterocycles. The van der Waals surface area contributed by atoms with E-state index in [2.05, 4.69) is 11.6 Å². The van der Waals surface area contributed by atoms with Crippen LogP contribution in [0.5, 0.6) is 0 Å². The molecule has 26 heavy (non-hydrogen) atoms. The average Bonchev–Trinajstić information content (AvgIpc) is 2.98. The van der Waals surface area contributed by atoms with Crippen molar-refractivity contribution in [1.29, 1.82) is 0 Å². The van der Waals surface area contributed by atoms with Crippen LogP contribution in [0.3, 0.4) is 0 Å². The molecule has 3 rings (SSSR count). The highest BCUT2D eigenvalue weighted by molar-refractivity contribution is 7.16. The number of hydrogen-bond acceptors (Lipinski definition) is 4. The van der Waals surface area contributed by atoms with Crippen LogP contribution in [0.15, 0.2) is 66.2 Å². The van der Waals surface area contributed by atoms with E-state index in [4.69, 9.17) is 4.74 Å². The summed E-state index contributed by atoms with van der Waals surface area (Å²) < 4.78 is 7.54. The van der Waals surface area contributed by atoms with Gasteiger partial charge < -0.3 is 9.30 Å². The second-order valence-corrected chi connectivity index (χ2v) is 6.64. The van der Waals surface area contributed by atoms with Crippen LogP contribution in [0.4, 0.5) is 0 Å². The van der Waals surface area contributed by atoms with Gasteiger partial charge in [0.2, 0.25) is 0 Å². The quantitative estimate of drug-likeness (QED) is 0.514. The predicted molar refractivity (Wildman–Crippen MR) is 102 cm³/mol. The molecule has 0 bridgehead atoms. The Hall–Kier alpha value is -2.99. The number of hydrogen-bond donors (Lipinski definition) is 0. The van der Waals surface area contributed by atoms with Gasteiger partial charge in [-0.15, -0.1) is 6.58 Å². The third kappa shape index (κ3) is 3.81. The fraction of sp³-hybridized carbons (Fsp3) is 0.150. The first-order valence-electron chi connectivity index (χ1n) is 8.06. The highest BCUT2D eigenvalue weighted by Crippen LogP contribution is 2.20. The fourth-order valence-corrected chi connectivity index (χ4v) is 3.72. The van der Waals surface area contributed by atoms with Crippen molar-refractivity contribution in [2.24, 2.45) is 4.99 Å². The maximum atomic E-state index is 12.4. The lowest BCUT2D eigenvalue weighted by molar-refractivity contribution is -0.117. The number of carbonyl (C=O) groups excluding carboxylic acids is 2. The van der Waals surface area contributed by atoms with Crippen LogP contribution in [0.2, 0.25) is 0 Å². The van der Waals surface area contributed by atoms with Crippen LogP contribution in [0, 0.1) is 0 Å². The minimum absolute atomic E-state index is 0.214. The molecule has 0 aliphatic carbocycles. The zero-order valence-electron chi connectivity index (χ0n) is 14.3. The van der Waals surface area contributed by atoms with Crippen LogP contribution >= 0.6 is 11.3 Å². The summed E-state index contributed by atoms with van der Waals surface area (Å²) in [5.74, 6) is -0.608. The molecule has 2 aromatic carbocycles. The van der Waals surface area contributed by atoms with E-state index in [1.54, 1.807) is 18.2 Å². The lowest BCUT2D eigenvalue weighted by Gasteiger charge is -2.02. The Kier molecular flexibility index (Phi) is 5.43. The number of thiazole rings is 1. The van der Waals surface area contributed by atoms with Gasteiger partial charge in [0.15, 0.2) is 4.80 Å². The fourth-order valence-electron chi connectivity index (χ4n) is 2.63. The van der Waals surface area contributed by atoms with Gasteiger partial charge in [-0.05, 0) is 23.8 Å². The Bertz CT molecular complexity index is 1030. The molecule has 0 spiro atoms. The van der Waals surface area contributed by atoms with Gasteiger partial charge in [0.05, 0.1) is 29.3 Å². The van der Waals surface area contributed by atoms with E-state index >= 15 is 0 Å². The van der Waals surface area contributed by atoms with E-state index in [-0.39, 0.29) is 12.3 Å². The van der Waals surface area contributed by atoms with E-state index in [1.807, 2.05) is 41.0 Å². The number of aromatic nitrogens is 1. The standard InChI is InChI=1S/C20H18N2O3S/c1-3-11-22-16-10-9-15(19(24)25-2)13-17(16)26-20(22)21-18(23)12-14-7-5-4-6-8-14/h3-10,13H,1,11-12H2,2H3. The lowest BCUT2D eigenvalue weighted by Crippen LogP contribution is -2.16. The number of carbonyl (C=O) groups is 2. The number of allylic oxidation sites excluding steroid dienone is 1. The molecule has 0 aliphatic rings. The van der Waals surface area contributed by atoms with Crippen molar-refractivity contribution >= 4 is 33.4 Å². The molecule has 3 aromatic rings. The molecule has 1 heterocycles. The summed E-state index contributed by atoms with van der Waals surface area (Å²) in [6, 6.07) is 14.8. The number of rotatable bonds is 5. The number of nitrogens with zero attached hydrogens (tertiary/aromatic N) is 2. The van der Waals surface area contributed by atoms with E-state index in [9.17, 15) is 9.59 Å². The summed E-state index contributed by atoms with van der Waals surface area (Å²) in [5, 5.41) is 0. The van der Waals surface area contributed by atoms with Crippen LogP contribution in [0.25, 0.3) is 10.2 Å². The molecule has 0 aliphatic heterocycles. The molecule has 1 aromatic heterocycles. The van der Waals surface area contributed by atoms with Crippen LogP contribution < -0.4 is 4.80 Å². The van der Waals surface area contributed by atoms with Crippen molar-refractivity contribution < 1.29 is 14.3 Å². The molecular weight excluding hydrogens is 348 g/mol. The molecular formula is C20H18N2O3S.